The number of morpholine rings is 1. The topological polar surface area (TPSA) is 42.4 Å². The van der Waals surface area contributed by atoms with E-state index in [1.165, 1.54) is 0 Å². The fraction of sp³-hybridized carbons (Fsp3) is 0.571. The molecule has 2 rings (SSSR count). The van der Waals surface area contributed by atoms with E-state index in [0.29, 0.717) is 18.7 Å². The van der Waals surface area contributed by atoms with Crippen LogP contribution in [0.4, 0.5) is 0 Å². The average Bonchev–Trinajstić information content (AvgIpc) is 2.25. The molecule has 1 amide bonds. The van der Waals surface area contributed by atoms with Crippen molar-refractivity contribution in [1.29, 1.82) is 0 Å². The lowest BCUT2D eigenvalue weighted by Gasteiger charge is -2.47. The van der Waals surface area contributed by atoms with Crippen LogP contribution in [0.15, 0.2) is 18.3 Å². The zero-order valence-electron chi connectivity index (χ0n) is 11.4. The number of carbonyl (C=O) groups is 1. The molecule has 1 aromatic rings. The Balaban J connectivity index is 2.21. The van der Waals surface area contributed by atoms with Crippen molar-refractivity contribution in [3.63, 3.8) is 0 Å². The monoisotopic (exact) mass is 247 g/mol. The molecular weight excluding hydrogens is 228 g/mol. The van der Waals surface area contributed by atoms with Gasteiger partial charge in [-0.15, -0.1) is 0 Å². The third-order valence-electron chi connectivity index (χ3n) is 2.85. The standard InChI is InChI=1S/C14H19N2O2/c1-13(2)9-16(10-14(3,4)18-13)12(17)11-6-5-7-15-8-11/h5-6,8H,9-10H2,1-4H3. The minimum Gasteiger partial charge on any atom is -0.366 e. The molecule has 1 aromatic heterocycles. The maximum Gasteiger partial charge on any atom is 0.255 e. The molecule has 1 saturated heterocycles. The fourth-order valence-electron chi connectivity index (χ4n) is 2.56. The van der Waals surface area contributed by atoms with Gasteiger partial charge in [-0.25, -0.2) is 0 Å². The number of aromatic nitrogens is 1. The minimum atomic E-state index is -0.328. The van der Waals surface area contributed by atoms with Gasteiger partial charge in [0.1, 0.15) is 0 Å². The van der Waals surface area contributed by atoms with Crippen LogP contribution in [0.25, 0.3) is 0 Å². The lowest BCUT2D eigenvalue weighted by molar-refractivity contribution is -0.171. The molecule has 1 aliphatic rings. The van der Waals surface area contributed by atoms with Crippen molar-refractivity contribution in [2.45, 2.75) is 38.9 Å². The summed E-state index contributed by atoms with van der Waals surface area (Å²) in [6.45, 7) is 9.20. The SMILES string of the molecule is CC1(C)CN(C(=O)c2cc[c]nc2)CC(C)(C)O1. The smallest absolute Gasteiger partial charge is 0.255 e. The van der Waals surface area contributed by atoms with Crippen molar-refractivity contribution in [2.24, 2.45) is 0 Å². The molecule has 1 aliphatic heterocycles. The molecule has 0 N–H and O–H groups in total. The summed E-state index contributed by atoms with van der Waals surface area (Å²) in [5.41, 5.74) is -0.0560. The van der Waals surface area contributed by atoms with E-state index in [1.54, 1.807) is 18.3 Å². The van der Waals surface area contributed by atoms with Crippen LogP contribution in [0.2, 0.25) is 0 Å². The highest BCUT2D eigenvalue weighted by molar-refractivity contribution is 5.94. The van der Waals surface area contributed by atoms with Crippen LogP contribution in [0.3, 0.4) is 0 Å². The van der Waals surface area contributed by atoms with Crippen LogP contribution < -0.4 is 0 Å². The number of hydrogen-bond acceptors (Lipinski definition) is 3. The van der Waals surface area contributed by atoms with E-state index in [1.807, 2.05) is 32.6 Å². The highest BCUT2D eigenvalue weighted by atomic mass is 16.5. The maximum atomic E-state index is 12.4. The summed E-state index contributed by atoms with van der Waals surface area (Å²) in [6, 6.07) is 3.40. The first-order valence-corrected chi connectivity index (χ1v) is 6.11. The summed E-state index contributed by atoms with van der Waals surface area (Å²) >= 11 is 0. The third kappa shape index (κ3) is 2.88. The summed E-state index contributed by atoms with van der Waals surface area (Å²) in [5.74, 6) is 0.000880. The van der Waals surface area contributed by atoms with E-state index < -0.39 is 0 Å². The van der Waals surface area contributed by atoms with Crippen molar-refractivity contribution >= 4 is 5.91 Å². The summed E-state index contributed by atoms with van der Waals surface area (Å²) < 4.78 is 5.96. The second-order valence-electron chi connectivity index (χ2n) is 5.96. The molecule has 0 aliphatic carbocycles. The summed E-state index contributed by atoms with van der Waals surface area (Å²) in [5, 5.41) is 0. The van der Waals surface area contributed by atoms with E-state index in [9.17, 15) is 4.79 Å². The molecule has 4 nitrogen and oxygen atoms in total. The van der Waals surface area contributed by atoms with Gasteiger partial charge < -0.3 is 9.64 Å². The van der Waals surface area contributed by atoms with Crippen LogP contribution in [-0.2, 0) is 4.74 Å². The average molecular weight is 247 g/mol. The van der Waals surface area contributed by atoms with Gasteiger partial charge in [-0.2, -0.15) is 0 Å². The number of pyridine rings is 1. The molecule has 1 radical (unpaired) electrons. The van der Waals surface area contributed by atoms with Gasteiger partial charge in [0.25, 0.3) is 5.91 Å². The molecule has 97 valence electrons. The highest BCUT2D eigenvalue weighted by Crippen LogP contribution is 2.28. The van der Waals surface area contributed by atoms with Crippen molar-refractivity contribution < 1.29 is 9.53 Å². The second kappa shape index (κ2) is 4.35. The predicted octanol–water partition coefficient (Wildman–Crippen LogP) is 1.91. The quantitative estimate of drug-likeness (QED) is 0.761. The maximum absolute atomic E-state index is 12.4. The molecule has 0 atom stereocenters. The first kappa shape index (κ1) is 13.0. The molecule has 0 spiro atoms. The normalized spacial score (nSPS) is 21.7. The van der Waals surface area contributed by atoms with Crippen LogP contribution >= 0.6 is 0 Å². The lowest BCUT2D eigenvalue weighted by atomic mass is 9.98. The van der Waals surface area contributed by atoms with Crippen LogP contribution in [0, 0.1) is 6.20 Å². The van der Waals surface area contributed by atoms with E-state index in [0.717, 1.165) is 0 Å². The van der Waals surface area contributed by atoms with Crippen LogP contribution in [0.1, 0.15) is 38.1 Å². The molecule has 0 saturated carbocycles. The Labute approximate surface area is 108 Å². The van der Waals surface area contributed by atoms with Crippen molar-refractivity contribution in [1.82, 2.24) is 9.88 Å². The van der Waals surface area contributed by atoms with Crippen molar-refractivity contribution in [2.75, 3.05) is 13.1 Å². The number of hydrogen-bond donors (Lipinski definition) is 0. The Morgan fingerprint density at radius 2 is 1.94 bits per heavy atom. The van der Waals surface area contributed by atoms with Gasteiger partial charge in [-0.3, -0.25) is 9.78 Å². The zero-order valence-corrected chi connectivity index (χ0v) is 11.4. The second-order valence-corrected chi connectivity index (χ2v) is 5.96. The largest absolute Gasteiger partial charge is 0.366 e. The highest BCUT2D eigenvalue weighted by Gasteiger charge is 2.40. The predicted molar refractivity (Wildman–Crippen MR) is 68.2 cm³/mol. The summed E-state index contributed by atoms with van der Waals surface area (Å²) in [6.07, 6.45) is 4.23. The van der Waals surface area contributed by atoms with E-state index in [-0.39, 0.29) is 17.1 Å². The Morgan fingerprint density at radius 3 is 2.44 bits per heavy atom. The number of carbonyl (C=O) groups excluding carboxylic acids is 1. The third-order valence-corrected chi connectivity index (χ3v) is 2.85. The zero-order chi connectivity index (χ0) is 13.4. The van der Waals surface area contributed by atoms with Crippen LogP contribution in [-0.4, -0.2) is 40.1 Å². The summed E-state index contributed by atoms with van der Waals surface area (Å²) in [7, 11) is 0. The summed E-state index contributed by atoms with van der Waals surface area (Å²) in [4.78, 5) is 18.1. The number of amides is 1. The van der Waals surface area contributed by atoms with Gasteiger partial charge >= 0.3 is 0 Å². The van der Waals surface area contributed by atoms with Crippen LogP contribution in [0.5, 0.6) is 0 Å². The first-order chi connectivity index (χ1) is 8.29. The van der Waals surface area contributed by atoms with Gasteiger partial charge in [0.05, 0.1) is 23.0 Å². The molecule has 0 aromatic carbocycles. The Morgan fingerprint density at radius 1 is 1.33 bits per heavy atom. The lowest BCUT2D eigenvalue weighted by Crippen LogP contribution is -2.58. The molecule has 1 fully saturated rings. The molecule has 18 heavy (non-hydrogen) atoms. The molecule has 2 heterocycles. The molecular formula is C14H19N2O2. The van der Waals surface area contributed by atoms with E-state index in [2.05, 4.69) is 11.2 Å². The van der Waals surface area contributed by atoms with Gasteiger partial charge in [0, 0.05) is 19.3 Å². The van der Waals surface area contributed by atoms with Crippen molar-refractivity contribution in [3.05, 3.63) is 30.1 Å². The number of rotatable bonds is 1. The van der Waals surface area contributed by atoms with Gasteiger partial charge in [0.15, 0.2) is 0 Å². The minimum absolute atomic E-state index is 0.000880. The Bertz CT molecular complexity index is 424. The molecule has 0 bridgehead atoms. The Hall–Kier alpha value is -1.42. The number of ether oxygens (including phenoxy) is 1. The van der Waals surface area contributed by atoms with Crippen molar-refractivity contribution in [3.8, 4) is 0 Å². The van der Waals surface area contributed by atoms with Gasteiger partial charge in [0.2, 0.25) is 0 Å². The molecule has 0 unspecified atom stereocenters. The molecule has 4 heteroatoms. The van der Waals surface area contributed by atoms with E-state index >= 15 is 0 Å². The number of nitrogens with zero attached hydrogens (tertiary/aromatic N) is 2. The fourth-order valence-corrected chi connectivity index (χ4v) is 2.56. The van der Waals surface area contributed by atoms with E-state index in [4.69, 9.17) is 4.74 Å². The first-order valence-electron chi connectivity index (χ1n) is 6.11. The van der Waals surface area contributed by atoms with Gasteiger partial charge in [-0.1, -0.05) is 0 Å². The Kier molecular flexibility index (Phi) is 3.15. The van der Waals surface area contributed by atoms with Gasteiger partial charge in [-0.05, 0) is 39.8 Å².